The Kier molecular flexibility index (Phi) is 27.8. The van der Waals surface area contributed by atoms with Crippen LogP contribution in [0.5, 0.6) is 0 Å². The molecule has 1 radical (unpaired) electrons. The van der Waals surface area contributed by atoms with E-state index in [-0.39, 0.29) is 38.1 Å². The van der Waals surface area contributed by atoms with Crippen LogP contribution in [0, 0.1) is 0 Å². The van der Waals surface area contributed by atoms with Crippen molar-refractivity contribution in [2.45, 2.75) is 110 Å². The van der Waals surface area contributed by atoms with E-state index in [4.69, 9.17) is 10.5 Å². The molecule has 0 aromatic rings. The zero-order valence-electron chi connectivity index (χ0n) is 17.8. The third-order valence-corrected chi connectivity index (χ3v) is 4.71. The van der Waals surface area contributed by atoms with Gasteiger partial charge in [0.05, 0.1) is 6.61 Å². The van der Waals surface area contributed by atoms with E-state index >= 15 is 0 Å². The third-order valence-electron chi connectivity index (χ3n) is 4.71. The Hall–Kier alpha value is -0.180. The van der Waals surface area contributed by atoms with E-state index in [2.05, 4.69) is 19.1 Å². The number of carbonyl (C=O) groups excluding carboxylic acids is 1. The molecule has 0 saturated carbocycles. The van der Waals surface area contributed by atoms with Gasteiger partial charge in [0.2, 0.25) is 0 Å². The fourth-order valence-corrected chi connectivity index (χ4v) is 3.02. The molecule has 27 heavy (non-hydrogen) atoms. The van der Waals surface area contributed by atoms with E-state index in [0.29, 0.717) is 6.61 Å². The van der Waals surface area contributed by atoms with E-state index in [1.54, 1.807) is 5.94 Å². The standard InChI is InChI=1S/C23H42NO2.Sc/c1-2-3-4-5-6-7-8-9-10-11-12-13-14-15-16-17-18-19-20-26-23(21-24)22-25;/h9-10,24H,2-8,11-21H2,1H3;/q-1;/b10-9-;. The van der Waals surface area contributed by atoms with E-state index in [1.165, 1.54) is 89.9 Å². The van der Waals surface area contributed by atoms with Gasteiger partial charge in [-0.05, 0) is 32.1 Å². The number of allylic oxidation sites excluding steroid dienone is 2. The van der Waals surface area contributed by atoms with Crippen molar-refractivity contribution < 1.29 is 35.4 Å². The Labute approximate surface area is 187 Å². The molecule has 0 fully saturated rings. The summed E-state index contributed by atoms with van der Waals surface area (Å²) in [7, 11) is 0. The average Bonchev–Trinajstić information content (AvgIpc) is 2.66. The normalized spacial score (nSPS) is 10.6. The molecule has 1 N–H and O–H groups in total. The molecule has 0 aliphatic carbocycles. The predicted octanol–water partition coefficient (Wildman–Crippen LogP) is 7.59. The van der Waals surface area contributed by atoms with Gasteiger partial charge in [-0.15, -0.1) is 0 Å². The van der Waals surface area contributed by atoms with Gasteiger partial charge in [0, 0.05) is 25.8 Å². The molecule has 3 nitrogen and oxygen atoms in total. The number of ether oxygens (including phenoxy) is 1. The van der Waals surface area contributed by atoms with Crippen LogP contribution in [0.4, 0.5) is 0 Å². The van der Waals surface area contributed by atoms with Gasteiger partial charge in [-0.2, -0.15) is 0 Å². The van der Waals surface area contributed by atoms with Crippen molar-refractivity contribution >= 4 is 5.94 Å². The molecule has 4 heteroatoms. The minimum atomic E-state index is -0.0995. The van der Waals surface area contributed by atoms with Gasteiger partial charge in [0.1, 0.15) is 0 Å². The van der Waals surface area contributed by atoms with Gasteiger partial charge >= 0.3 is 0 Å². The molecule has 0 atom stereocenters. The Morgan fingerprint density at radius 2 is 1.22 bits per heavy atom. The zero-order chi connectivity index (χ0) is 19.1. The molecular weight excluding hydrogens is 367 g/mol. The van der Waals surface area contributed by atoms with Crippen molar-refractivity contribution in [2.75, 3.05) is 13.2 Å². The summed E-state index contributed by atoms with van der Waals surface area (Å²) in [5.41, 5.74) is 7.04. The predicted molar refractivity (Wildman–Crippen MR) is 113 cm³/mol. The molecule has 0 aliphatic heterocycles. The third kappa shape index (κ3) is 23.8. The first-order valence-electron chi connectivity index (χ1n) is 11.0. The van der Waals surface area contributed by atoms with Crippen molar-refractivity contribution in [1.29, 1.82) is 0 Å². The monoisotopic (exact) mass is 409 g/mol. The van der Waals surface area contributed by atoms with Crippen molar-refractivity contribution in [3.8, 4) is 0 Å². The molecular formula is C23H42NO2Sc-. The fraction of sp³-hybridized carbons (Fsp3) is 0.826. The van der Waals surface area contributed by atoms with Crippen LogP contribution < -0.4 is 0 Å². The number of unbranched alkanes of at least 4 members (excludes halogenated alkanes) is 14. The van der Waals surface area contributed by atoms with Crippen LogP contribution in [0.15, 0.2) is 17.9 Å². The summed E-state index contributed by atoms with van der Waals surface area (Å²) < 4.78 is 5.17. The number of nitrogens with one attached hydrogen (secondary N) is 1. The maximum Gasteiger partial charge on any atom is 0.164 e. The molecule has 0 heterocycles. The van der Waals surface area contributed by atoms with Crippen LogP contribution in [-0.4, -0.2) is 19.1 Å². The minimum Gasteiger partial charge on any atom is -0.670 e. The summed E-state index contributed by atoms with van der Waals surface area (Å²) in [5, 5.41) is 0. The number of hydrogen-bond acceptors (Lipinski definition) is 2. The van der Waals surface area contributed by atoms with Crippen LogP contribution in [-0.2, 0) is 35.4 Å². The quantitative estimate of drug-likeness (QED) is 0.0900. The van der Waals surface area contributed by atoms with E-state index in [0.717, 1.165) is 12.8 Å². The first kappa shape index (κ1) is 29.0. The van der Waals surface area contributed by atoms with Gasteiger partial charge in [-0.3, -0.25) is 0 Å². The minimum absolute atomic E-state index is 0. The van der Waals surface area contributed by atoms with Gasteiger partial charge in [-0.1, -0.05) is 96.2 Å². The molecule has 0 rings (SSSR count). The molecule has 0 aromatic heterocycles. The second-order valence-electron chi connectivity index (χ2n) is 7.20. The van der Waals surface area contributed by atoms with Crippen LogP contribution in [0.2, 0.25) is 0 Å². The fourth-order valence-electron chi connectivity index (χ4n) is 3.02. The van der Waals surface area contributed by atoms with Gasteiger partial charge < -0.3 is 10.5 Å². The molecule has 0 aromatic carbocycles. The maximum absolute atomic E-state index is 10.3. The van der Waals surface area contributed by atoms with Gasteiger partial charge in [-0.25, -0.2) is 4.79 Å². The molecule has 0 saturated heterocycles. The Morgan fingerprint density at radius 3 is 1.67 bits per heavy atom. The first-order chi connectivity index (χ1) is 12.8. The Balaban J connectivity index is 0. The topological polar surface area (TPSA) is 50.1 Å². The second kappa shape index (κ2) is 25.8. The second-order valence-corrected chi connectivity index (χ2v) is 7.20. The van der Waals surface area contributed by atoms with Crippen LogP contribution in [0.3, 0.4) is 0 Å². The summed E-state index contributed by atoms with van der Waals surface area (Å²) >= 11 is 0. The van der Waals surface area contributed by atoms with Crippen molar-refractivity contribution in [1.82, 2.24) is 0 Å². The summed E-state index contributed by atoms with van der Waals surface area (Å²) in [6.07, 6.45) is 25.6. The van der Waals surface area contributed by atoms with Crippen molar-refractivity contribution in [3.05, 3.63) is 23.6 Å². The van der Waals surface area contributed by atoms with Gasteiger partial charge in [0.15, 0.2) is 11.7 Å². The van der Waals surface area contributed by atoms with Crippen LogP contribution in [0.25, 0.3) is 5.73 Å². The van der Waals surface area contributed by atoms with E-state index in [1.807, 2.05) is 0 Å². The zero-order valence-corrected chi connectivity index (χ0v) is 19.6. The van der Waals surface area contributed by atoms with Crippen molar-refractivity contribution in [3.63, 3.8) is 0 Å². The molecule has 0 bridgehead atoms. The van der Waals surface area contributed by atoms with Crippen molar-refractivity contribution in [2.24, 2.45) is 0 Å². The SMILES string of the molecule is CCCCCCCC/C=C\CCCCCCCCCCOC(=C=O)C[NH-].[Sc]. The van der Waals surface area contributed by atoms with Crippen LogP contribution in [0.1, 0.15) is 110 Å². The Morgan fingerprint density at radius 1 is 0.778 bits per heavy atom. The number of rotatable bonds is 20. The maximum atomic E-state index is 10.3. The molecule has 155 valence electrons. The molecule has 0 aliphatic rings. The van der Waals surface area contributed by atoms with Gasteiger partial charge in [0.25, 0.3) is 0 Å². The largest absolute Gasteiger partial charge is 0.670 e. The summed E-state index contributed by atoms with van der Waals surface area (Å²) in [5.74, 6) is 1.79. The van der Waals surface area contributed by atoms with E-state index in [9.17, 15) is 4.79 Å². The summed E-state index contributed by atoms with van der Waals surface area (Å²) in [6, 6.07) is 0. The number of hydrogen-bond donors (Lipinski definition) is 0. The van der Waals surface area contributed by atoms with Crippen LogP contribution >= 0.6 is 0 Å². The Bertz CT molecular complexity index is 365. The molecule has 0 spiro atoms. The molecule has 0 unspecified atom stereocenters. The average molecular weight is 410 g/mol. The first-order valence-corrected chi connectivity index (χ1v) is 11.0. The molecule has 0 amide bonds. The van der Waals surface area contributed by atoms with E-state index < -0.39 is 0 Å². The summed E-state index contributed by atoms with van der Waals surface area (Å²) in [4.78, 5) is 10.3. The smallest absolute Gasteiger partial charge is 0.164 e. The summed E-state index contributed by atoms with van der Waals surface area (Å²) in [6.45, 7) is 2.72.